The Kier molecular flexibility index (Phi) is 7.32. The minimum absolute atomic E-state index is 0.0353. The zero-order valence-corrected chi connectivity index (χ0v) is 12.1. The predicted molar refractivity (Wildman–Crippen MR) is 76.5 cm³/mol. The van der Waals surface area contributed by atoms with Crippen molar-refractivity contribution in [1.82, 2.24) is 0 Å². The zero-order valence-electron chi connectivity index (χ0n) is 9.77. The summed E-state index contributed by atoms with van der Waals surface area (Å²) in [5.41, 5.74) is 1.04. The summed E-state index contributed by atoms with van der Waals surface area (Å²) in [5, 5.41) is 10.3. The van der Waals surface area contributed by atoms with E-state index in [1.165, 1.54) is 11.8 Å². The van der Waals surface area contributed by atoms with Gasteiger partial charge in [0.1, 0.15) is 5.75 Å². The van der Waals surface area contributed by atoms with Gasteiger partial charge in [-0.1, -0.05) is 0 Å². The van der Waals surface area contributed by atoms with Gasteiger partial charge >= 0.3 is 5.97 Å². The molecule has 1 radical (unpaired) electrons. The van der Waals surface area contributed by atoms with Crippen molar-refractivity contribution in [2.24, 2.45) is 0 Å². The Morgan fingerprint density at radius 2 is 1.67 bits per heavy atom. The summed E-state index contributed by atoms with van der Waals surface area (Å²) in [6.45, 7) is 1.47. The lowest BCUT2D eigenvalue weighted by Gasteiger charge is -2.22. The molecule has 0 aliphatic heterocycles. The average Bonchev–Trinajstić information content (AvgIpc) is 2.37. The van der Waals surface area contributed by atoms with Gasteiger partial charge < -0.3 is 4.90 Å². The summed E-state index contributed by atoms with van der Waals surface area (Å²) >= 11 is 12.7. The first kappa shape index (κ1) is 15.5. The third kappa shape index (κ3) is 5.38. The van der Waals surface area contributed by atoms with Crippen LogP contribution in [0.25, 0.3) is 0 Å². The van der Waals surface area contributed by atoms with E-state index in [1.807, 2.05) is 24.3 Å². The number of alkyl halides is 2. The summed E-state index contributed by atoms with van der Waals surface area (Å²) in [6, 6.07) is 7.66. The van der Waals surface area contributed by atoms with Gasteiger partial charge in [0.25, 0.3) is 0 Å². The van der Waals surface area contributed by atoms with Gasteiger partial charge in [-0.05, 0) is 24.3 Å². The number of carbonyl (C=O) groups is 1. The van der Waals surface area contributed by atoms with E-state index in [0.29, 0.717) is 11.8 Å². The van der Waals surface area contributed by atoms with Crippen LogP contribution in [0.4, 0.5) is 5.69 Å². The van der Waals surface area contributed by atoms with Crippen LogP contribution in [0, 0.1) is 0 Å². The maximum atomic E-state index is 10.3. The topological polar surface area (TPSA) is 40.2 Å². The van der Waals surface area contributed by atoms with Crippen LogP contribution >= 0.6 is 35.0 Å². The number of hydrogen-bond donors (Lipinski definition) is 0. The number of thioether (sulfide) groups is 1. The second-order valence-electron chi connectivity index (χ2n) is 3.52. The third-order valence-electron chi connectivity index (χ3n) is 2.27. The number of halogens is 2. The maximum absolute atomic E-state index is 10.3. The quantitative estimate of drug-likeness (QED) is 0.547. The molecule has 0 aliphatic rings. The highest BCUT2D eigenvalue weighted by molar-refractivity contribution is 8.00. The van der Waals surface area contributed by atoms with Gasteiger partial charge in [0, 0.05) is 35.4 Å². The lowest BCUT2D eigenvalue weighted by atomic mass is 10.3. The van der Waals surface area contributed by atoms with E-state index in [-0.39, 0.29) is 5.75 Å². The zero-order chi connectivity index (χ0) is 13.4. The predicted octanol–water partition coefficient (Wildman–Crippen LogP) is 3.02. The van der Waals surface area contributed by atoms with E-state index in [9.17, 15) is 9.90 Å². The van der Waals surface area contributed by atoms with Crippen molar-refractivity contribution >= 4 is 46.6 Å². The van der Waals surface area contributed by atoms with Gasteiger partial charge in [-0.25, -0.2) is 9.90 Å². The highest BCUT2D eigenvalue weighted by Crippen LogP contribution is 2.22. The van der Waals surface area contributed by atoms with Crippen LogP contribution in [0.2, 0.25) is 0 Å². The summed E-state index contributed by atoms with van der Waals surface area (Å²) < 4.78 is 0. The Labute approximate surface area is 121 Å². The number of carbonyl (C=O) groups excluding carboxylic acids is 1. The van der Waals surface area contributed by atoms with Crippen molar-refractivity contribution in [2.75, 3.05) is 35.5 Å². The van der Waals surface area contributed by atoms with Crippen molar-refractivity contribution in [1.29, 1.82) is 0 Å². The van der Waals surface area contributed by atoms with Crippen LogP contribution in [-0.2, 0) is 9.90 Å². The van der Waals surface area contributed by atoms with Gasteiger partial charge in [-0.3, -0.25) is 0 Å². The van der Waals surface area contributed by atoms with E-state index in [4.69, 9.17) is 23.2 Å². The Bertz CT molecular complexity index is 367. The lowest BCUT2D eigenvalue weighted by Crippen LogP contribution is -2.27. The first-order valence-electron chi connectivity index (χ1n) is 5.47. The van der Waals surface area contributed by atoms with Crippen molar-refractivity contribution in [3.63, 3.8) is 0 Å². The monoisotopic (exact) mass is 306 g/mol. The molecule has 0 unspecified atom stereocenters. The molecule has 0 aliphatic carbocycles. The minimum Gasteiger partial charge on any atom is -0.369 e. The molecule has 6 heteroatoms. The average molecular weight is 307 g/mol. The number of hydrogen-bond acceptors (Lipinski definition) is 3. The van der Waals surface area contributed by atoms with E-state index in [0.717, 1.165) is 23.7 Å². The Balaban J connectivity index is 2.64. The van der Waals surface area contributed by atoms with E-state index < -0.39 is 5.97 Å². The van der Waals surface area contributed by atoms with Crippen LogP contribution in [-0.4, -0.2) is 36.6 Å². The van der Waals surface area contributed by atoms with Gasteiger partial charge in [0.2, 0.25) is 0 Å². The second kappa shape index (κ2) is 8.51. The lowest BCUT2D eigenvalue weighted by molar-refractivity contribution is -0.139. The Morgan fingerprint density at radius 1 is 1.11 bits per heavy atom. The molecule has 0 amide bonds. The highest BCUT2D eigenvalue weighted by Gasteiger charge is 2.06. The first-order chi connectivity index (χ1) is 8.67. The van der Waals surface area contributed by atoms with Gasteiger partial charge in [-0.15, -0.1) is 35.0 Å². The molecule has 0 fully saturated rings. The largest absolute Gasteiger partial charge is 0.369 e. The van der Waals surface area contributed by atoms with E-state index in [1.54, 1.807) is 0 Å². The van der Waals surface area contributed by atoms with Crippen LogP contribution in [0.5, 0.6) is 0 Å². The Morgan fingerprint density at radius 3 is 2.11 bits per heavy atom. The summed E-state index contributed by atoms with van der Waals surface area (Å²) in [7, 11) is 0. The second-order valence-corrected chi connectivity index (χ2v) is 5.32. The molecule has 3 nitrogen and oxygen atoms in total. The molecule has 0 bridgehead atoms. The van der Waals surface area contributed by atoms with Crippen LogP contribution in [0.1, 0.15) is 0 Å². The molecule has 1 rings (SSSR count). The first-order valence-corrected chi connectivity index (χ1v) is 7.52. The van der Waals surface area contributed by atoms with Crippen molar-refractivity contribution < 1.29 is 9.90 Å². The molecule has 0 spiro atoms. The van der Waals surface area contributed by atoms with E-state index >= 15 is 0 Å². The van der Waals surface area contributed by atoms with Crippen LogP contribution in [0.15, 0.2) is 29.2 Å². The van der Waals surface area contributed by atoms with Crippen LogP contribution in [0.3, 0.4) is 0 Å². The molecule has 99 valence electrons. The molecular weight excluding hydrogens is 293 g/mol. The summed E-state index contributed by atoms with van der Waals surface area (Å²) in [6.07, 6.45) is 0. The smallest absolute Gasteiger partial charge is 0.365 e. The van der Waals surface area contributed by atoms with Crippen molar-refractivity contribution in [3.05, 3.63) is 24.3 Å². The van der Waals surface area contributed by atoms with Gasteiger partial charge in [0.05, 0.1) is 0 Å². The van der Waals surface area contributed by atoms with Gasteiger partial charge in [0.15, 0.2) is 0 Å². The molecule has 1 aromatic carbocycles. The van der Waals surface area contributed by atoms with E-state index in [2.05, 4.69) is 4.90 Å². The fraction of sp³-hybridized carbons (Fsp3) is 0.417. The fourth-order valence-corrected chi connectivity index (χ4v) is 2.49. The molecule has 0 saturated carbocycles. The standard InChI is InChI=1S/C12H14Cl2NO2S/c13-5-7-15(8-6-14)10-1-3-11(4-2-10)18-9-12(16)17/h1-4H,5-9H2. The fourth-order valence-electron chi connectivity index (χ4n) is 1.47. The maximum Gasteiger partial charge on any atom is 0.365 e. The third-order valence-corrected chi connectivity index (χ3v) is 3.59. The summed E-state index contributed by atoms with van der Waals surface area (Å²) in [5.74, 6) is -0.0160. The van der Waals surface area contributed by atoms with Crippen LogP contribution < -0.4 is 4.90 Å². The molecular formula is C12H14Cl2NO2S. The molecule has 0 N–H and O–H groups in total. The molecule has 1 aromatic rings. The van der Waals surface area contributed by atoms with Crippen molar-refractivity contribution in [3.8, 4) is 0 Å². The number of nitrogens with zero attached hydrogens (tertiary/aromatic N) is 1. The number of anilines is 1. The SMILES string of the molecule is [O]C(=O)CSc1ccc(N(CCCl)CCCl)cc1. The molecule has 18 heavy (non-hydrogen) atoms. The summed E-state index contributed by atoms with van der Waals surface area (Å²) in [4.78, 5) is 13.3. The Hall–Kier alpha value is -0.580. The highest BCUT2D eigenvalue weighted by atomic mass is 35.5. The normalized spacial score (nSPS) is 10.3. The minimum atomic E-state index is -1.06. The molecule has 0 aromatic heterocycles. The number of benzene rings is 1. The molecule has 0 heterocycles. The molecule has 0 saturated heterocycles. The number of rotatable bonds is 8. The van der Waals surface area contributed by atoms with Gasteiger partial charge in [-0.2, -0.15) is 0 Å². The van der Waals surface area contributed by atoms with Crippen molar-refractivity contribution in [2.45, 2.75) is 4.90 Å². The molecule has 0 atom stereocenters.